The van der Waals surface area contributed by atoms with E-state index in [9.17, 15) is 4.39 Å². The van der Waals surface area contributed by atoms with Gasteiger partial charge in [-0.3, -0.25) is 0 Å². The van der Waals surface area contributed by atoms with E-state index in [2.05, 4.69) is 43.7 Å². The molecule has 0 fully saturated rings. The van der Waals surface area contributed by atoms with Crippen molar-refractivity contribution in [2.75, 3.05) is 11.9 Å². The van der Waals surface area contributed by atoms with Gasteiger partial charge in [0.25, 0.3) is 0 Å². The number of nitrogens with zero attached hydrogens (tertiary/aromatic N) is 2. The molecule has 1 aromatic heterocycles. The molecule has 108 valence electrons. The van der Waals surface area contributed by atoms with Gasteiger partial charge in [0.1, 0.15) is 5.82 Å². The lowest BCUT2D eigenvalue weighted by molar-refractivity contribution is 0.424. The van der Waals surface area contributed by atoms with Gasteiger partial charge in [-0.2, -0.15) is 0 Å². The smallest absolute Gasteiger partial charge is 0.320 e. The summed E-state index contributed by atoms with van der Waals surface area (Å²) in [4.78, 5) is 0. The second-order valence-corrected chi connectivity index (χ2v) is 5.20. The number of rotatable bonds is 6. The summed E-state index contributed by atoms with van der Waals surface area (Å²) in [6.45, 7) is 4.88. The SMILES string of the molecule is CCCNC(C)c1nnc(Nc2c(F)cccc2Br)o1. The lowest BCUT2D eigenvalue weighted by atomic mass is 10.3. The molecule has 2 rings (SSSR count). The van der Waals surface area contributed by atoms with Gasteiger partial charge in [0.2, 0.25) is 5.89 Å². The number of hydrogen-bond acceptors (Lipinski definition) is 5. The fourth-order valence-electron chi connectivity index (χ4n) is 1.63. The van der Waals surface area contributed by atoms with Gasteiger partial charge in [-0.15, -0.1) is 5.10 Å². The number of hydrogen-bond donors (Lipinski definition) is 2. The summed E-state index contributed by atoms with van der Waals surface area (Å²) in [6, 6.07) is 4.82. The Labute approximate surface area is 125 Å². The Kier molecular flexibility index (Phi) is 5.08. The molecule has 1 heterocycles. The highest BCUT2D eigenvalue weighted by Crippen LogP contribution is 2.28. The molecule has 5 nitrogen and oxygen atoms in total. The molecule has 0 radical (unpaired) electrons. The van der Waals surface area contributed by atoms with Crippen LogP contribution in [0.2, 0.25) is 0 Å². The molecule has 0 saturated heterocycles. The van der Waals surface area contributed by atoms with E-state index in [-0.39, 0.29) is 17.7 Å². The number of halogens is 2. The molecular formula is C13H16BrFN4O. The van der Waals surface area contributed by atoms with Crippen molar-refractivity contribution in [2.45, 2.75) is 26.3 Å². The Balaban J connectivity index is 2.10. The maximum atomic E-state index is 13.7. The topological polar surface area (TPSA) is 63.0 Å². The second kappa shape index (κ2) is 6.81. The summed E-state index contributed by atoms with van der Waals surface area (Å²) in [7, 11) is 0. The average Bonchev–Trinajstić information content (AvgIpc) is 2.89. The van der Waals surface area contributed by atoms with E-state index in [1.54, 1.807) is 12.1 Å². The van der Waals surface area contributed by atoms with Crippen LogP contribution in [0.25, 0.3) is 0 Å². The highest BCUT2D eigenvalue weighted by molar-refractivity contribution is 9.10. The lowest BCUT2D eigenvalue weighted by Crippen LogP contribution is -2.19. The molecule has 2 N–H and O–H groups in total. The monoisotopic (exact) mass is 342 g/mol. The van der Waals surface area contributed by atoms with Crippen LogP contribution in [-0.2, 0) is 0 Å². The van der Waals surface area contributed by atoms with E-state index in [4.69, 9.17) is 4.42 Å². The van der Waals surface area contributed by atoms with Gasteiger partial charge >= 0.3 is 6.01 Å². The fraction of sp³-hybridized carbons (Fsp3) is 0.385. The molecule has 1 atom stereocenters. The van der Waals surface area contributed by atoms with Gasteiger partial charge < -0.3 is 15.1 Å². The van der Waals surface area contributed by atoms with E-state index < -0.39 is 5.82 Å². The normalized spacial score (nSPS) is 12.4. The van der Waals surface area contributed by atoms with Crippen LogP contribution in [0.1, 0.15) is 32.2 Å². The first-order chi connectivity index (χ1) is 9.61. The first kappa shape index (κ1) is 14.9. The Bertz CT molecular complexity index is 555. The van der Waals surface area contributed by atoms with Crippen molar-refractivity contribution < 1.29 is 8.81 Å². The molecular weight excluding hydrogens is 327 g/mol. The zero-order valence-electron chi connectivity index (χ0n) is 11.3. The van der Waals surface area contributed by atoms with Gasteiger partial charge in [-0.25, -0.2) is 4.39 Å². The summed E-state index contributed by atoms with van der Waals surface area (Å²) in [5, 5.41) is 13.8. The molecule has 1 unspecified atom stereocenters. The number of para-hydroxylation sites is 1. The summed E-state index contributed by atoms with van der Waals surface area (Å²) in [6.07, 6.45) is 1.02. The highest BCUT2D eigenvalue weighted by Gasteiger charge is 2.15. The Morgan fingerprint density at radius 3 is 2.90 bits per heavy atom. The standard InChI is InChI=1S/C13H16BrFN4O/c1-3-7-16-8(2)12-18-19-13(20-12)17-11-9(14)5-4-6-10(11)15/h4-6,8,16H,3,7H2,1-2H3,(H,17,19). The van der Waals surface area contributed by atoms with Crippen molar-refractivity contribution in [1.82, 2.24) is 15.5 Å². The van der Waals surface area contributed by atoms with Crippen molar-refractivity contribution in [3.05, 3.63) is 34.4 Å². The minimum absolute atomic E-state index is 0.0398. The molecule has 7 heteroatoms. The predicted molar refractivity (Wildman–Crippen MR) is 78.4 cm³/mol. The number of aromatic nitrogens is 2. The van der Waals surface area contributed by atoms with Crippen molar-refractivity contribution in [1.29, 1.82) is 0 Å². The van der Waals surface area contributed by atoms with Crippen LogP contribution in [0.4, 0.5) is 16.1 Å². The maximum Gasteiger partial charge on any atom is 0.320 e. The summed E-state index contributed by atoms with van der Waals surface area (Å²) in [5.41, 5.74) is 0.275. The van der Waals surface area contributed by atoms with Crippen LogP contribution in [0.3, 0.4) is 0 Å². The third kappa shape index (κ3) is 3.55. The average molecular weight is 343 g/mol. The predicted octanol–water partition coefficient (Wildman–Crippen LogP) is 3.78. The van der Waals surface area contributed by atoms with Crippen LogP contribution < -0.4 is 10.6 Å². The van der Waals surface area contributed by atoms with E-state index in [0.29, 0.717) is 10.4 Å². The van der Waals surface area contributed by atoms with E-state index in [0.717, 1.165) is 13.0 Å². The number of anilines is 2. The van der Waals surface area contributed by atoms with Gasteiger partial charge in [0.15, 0.2) is 0 Å². The van der Waals surface area contributed by atoms with Crippen LogP contribution >= 0.6 is 15.9 Å². The van der Waals surface area contributed by atoms with Gasteiger partial charge in [-0.1, -0.05) is 18.1 Å². The van der Waals surface area contributed by atoms with Crippen LogP contribution in [0.15, 0.2) is 27.1 Å². The van der Waals surface area contributed by atoms with E-state index in [1.165, 1.54) is 6.07 Å². The molecule has 0 aliphatic rings. The zero-order valence-corrected chi connectivity index (χ0v) is 12.9. The second-order valence-electron chi connectivity index (χ2n) is 4.34. The van der Waals surface area contributed by atoms with E-state index in [1.807, 2.05) is 6.92 Å². The Hall–Kier alpha value is -1.47. The van der Waals surface area contributed by atoms with E-state index >= 15 is 0 Å². The number of nitrogens with one attached hydrogen (secondary N) is 2. The highest BCUT2D eigenvalue weighted by atomic mass is 79.9. The third-order valence-corrected chi connectivity index (χ3v) is 3.37. The first-order valence-corrected chi connectivity index (χ1v) is 7.19. The summed E-state index contributed by atoms with van der Waals surface area (Å²) in [5.74, 6) is 0.0738. The fourth-order valence-corrected chi connectivity index (χ4v) is 2.07. The van der Waals surface area contributed by atoms with Gasteiger partial charge in [0.05, 0.1) is 11.7 Å². The maximum absolute atomic E-state index is 13.7. The van der Waals surface area contributed by atoms with Crippen LogP contribution in [-0.4, -0.2) is 16.7 Å². The molecule has 0 amide bonds. The third-order valence-electron chi connectivity index (χ3n) is 2.71. The Morgan fingerprint density at radius 1 is 1.40 bits per heavy atom. The molecule has 0 aliphatic carbocycles. The largest absolute Gasteiger partial charge is 0.406 e. The molecule has 0 bridgehead atoms. The lowest BCUT2D eigenvalue weighted by Gasteiger charge is -2.08. The molecule has 0 saturated carbocycles. The summed E-state index contributed by atoms with van der Waals surface area (Å²) < 4.78 is 19.7. The van der Waals surface area contributed by atoms with Crippen molar-refractivity contribution in [3.63, 3.8) is 0 Å². The Morgan fingerprint density at radius 2 is 2.20 bits per heavy atom. The molecule has 2 aromatic rings. The number of benzene rings is 1. The van der Waals surface area contributed by atoms with Crippen molar-refractivity contribution >= 4 is 27.6 Å². The molecule has 1 aromatic carbocycles. The molecule has 20 heavy (non-hydrogen) atoms. The zero-order chi connectivity index (χ0) is 14.5. The quantitative estimate of drug-likeness (QED) is 0.836. The van der Waals surface area contributed by atoms with Crippen LogP contribution in [0, 0.1) is 5.82 Å². The molecule has 0 spiro atoms. The minimum Gasteiger partial charge on any atom is -0.406 e. The van der Waals surface area contributed by atoms with Crippen LogP contribution in [0.5, 0.6) is 0 Å². The molecule has 0 aliphatic heterocycles. The van der Waals surface area contributed by atoms with Gasteiger partial charge in [0, 0.05) is 4.47 Å². The minimum atomic E-state index is -0.392. The van der Waals surface area contributed by atoms with Crippen molar-refractivity contribution in [3.8, 4) is 0 Å². The van der Waals surface area contributed by atoms with Crippen molar-refractivity contribution in [2.24, 2.45) is 0 Å². The summed E-state index contributed by atoms with van der Waals surface area (Å²) >= 11 is 3.27. The van der Waals surface area contributed by atoms with Gasteiger partial charge in [-0.05, 0) is 48.0 Å². The first-order valence-electron chi connectivity index (χ1n) is 6.39.